The van der Waals surface area contributed by atoms with E-state index >= 15 is 0 Å². The number of hydrogen-bond donors (Lipinski definition) is 0. The van der Waals surface area contributed by atoms with Gasteiger partial charge >= 0.3 is 5.97 Å². The second kappa shape index (κ2) is 4.59. The van der Waals surface area contributed by atoms with Crippen LogP contribution in [0.4, 0.5) is 0 Å². The van der Waals surface area contributed by atoms with Gasteiger partial charge in [0.2, 0.25) is 11.7 Å². The first kappa shape index (κ1) is 14.0. The topological polar surface area (TPSA) is 74.5 Å². The first-order valence-electron chi connectivity index (χ1n) is 6.30. The standard InChI is InChI=1S/C13H20N2O4/c1-12(2,3)8(17-4)9-14-10(19-15-9)13(6-7-13)11(16)18-5/h8H,6-7H2,1-5H3. The highest BCUT2D eigenvalue weighted by Crippen LogP contribution is 2.49. The van der Waals surface area contributed by atoms with Gasteiger partial charge in [0.05, 0.1) is 7.11 Å². The molecule has 1 atom stereocenters. The molecule has 1 aliphatic rings. The number of rotatable bonds is 4. The molecule has 1 aromatic rings. The molecule has 6 nitrogen and oxygen atoms in total. The molecule has 0 N–H and O–H groups in total. The van der Waals surface area contributed by atoms with Crippen molar-refractivity contribution in [3.8, 4) is 0 Å². The van der Waals surface area contributed by atoms with Crippen molar-refractivity contribution in [1.29, 1.82) is 0 Å². The van der Waals surface area contributed by atoms with E-state index in [1.165, 1.54) is 7.11 Å². The highest BCUT2D eigenvalue weighted by Gasteiger charge is 2.57. The fourth-order valence-electron chi connectivity index (χ4n) is 2.21. The van der Waals surface area contributed by atoms with Gasteiger partial charge in [-0.05, 0) is 18.3 Å². The van der Waals surface area contributed by atoms with Crippen molar-refractivity contribution in [2.45, 2.75) is 45.1 Å². The summed E-state index contributed by atoms with van der Waals surface area (Å²) in [5.41, 5.74) is -0.881. The first-order chi connectivity index (χ1) is 8.85. The van der Waals surface area contributed by atoms with Crippen LogP contribution in [-0.4, -0.2) is 30.3 Å². The van der Waals surface area contributed by atoms with Crippen molar-refractivity contribution in [3.63, 3.8) is 0 Å². The molecular weight excluding hydrogens is 248 g/mol. The predicted octanol–water partition coefficient (Wildman–Crippen LogP) is 2.01. The van der Waals surface area contributed by atoms with E-state index in [9.17, 15) is 4.79 Å². The molecule has 0 bridgehead atoms. The van der Waals surface area contributed by atoms with Gasteiger partial charge < -0.3 is 14.0 Å². The van der Waals surface area contributed by atoms with Crippen LogP contribution in [0.25, 0.3) is 0 Å². The van der Waals surface area contributed by atoms with Gasteiger partial charge in [-0.3, -0.25) is 4.79 Å². The first-order valence-corrected chi connectivity index (χ1v) is 6.30. The van der Waals surface area contributed by atoms with Gasteiger partial charge in [0.25, 0.3) is 0 Å². The summed E-state index contributed by atoms with van der Waals surface area (Å²) in [6.45, 7) is 6.10. The zero-order chi connectivity index (χ0) is 14.3. The number of methoxy groups -OCH3 is 2. The monoisotopic (exact) mass is 268 g/mol. The lowest BCUT2D eigenvalue weighted by Crippen LogP contribution is -2.23. The Hall–Kier alpha value is -1.43. The van der Waals surface area contributed by atoms with Gasteiger partial charge in [0.1, 0.15) is 11.5 Å². The molecule has 1 heterocycles. The maximum atomic E-state index is 11.8. The molecule has 1 aliphatic carbocycles. The van der Waals surface area contributed by atoms with E-state index < -0.39 is 5.41 Å². The Morgan fingerprint density at radius 1 is 1.37 bits per heavy atom. The Morgan fingerprint density at radius 2 is 2.00 bits per heavy atom. The lowest BCUT2D eigenvalue weighted by Gasteiger charge is -2.26. The van der Waals surface area contributed by atoms with Crippen molar-refractivity contribution in [3.05, 3.63) is 11.7 Å². The SMILES string of the molecule is COC(=O)C1(c2nc(C(OC)C(C)(C)C)no2)CC1. The largest absolute Gasteiger partial charge is 0.468 e. The Labute approximate surface area is 112 Å². The molecule has 1 unspecified atom stereocenters. The molecule has 0 amide bonds. The maximum Gasteiger partial charge on any atom is 0.321 e. The number of ether oxygens (including phenoxy) is 2. The lowest BCUT2D eigenvalue weighted by molar-refractivity contribution is -0.144. The average Bonchev–Trinajstić information content (AvgIpc) is 3.01. The van der Waals surface area contributed by atoms with E-state index in [0.717, 1.165) is 0 Å². The summed E-state index contributed by atoms with van der Waals surface area (Å²) in [6.07, 6.45) is 1.10. The van der Waals surface area contributed by atoms with E-state index in [0.29, 0.717) is 24.6 Å². The molecule has 0 aromatic carbocycles. The van der Waals surface area contributed by atoms with Gasteiger partial charge in [-0.25, -0.2) is 0 Å². The molecule has 6 heteroatoms. The molecule has 2 rings (SSSR count). The molecule has 19 heavy (non-hydrogen) atoms. The molecular formula is C13H20N2O4. The van der Waals surface area contributed by atoms with Crippen LogP contribution in [0.2, 0.25) is 0 Å². The van der Waals surface area contributed by atoms with E-state index in [4.69, 9.17) is 14.0 Å². The molecule has 0 saturated heterocycles. The Morgan fingerprint density at radius 3 is 2.42 bits per heavy atom. The predicted molar refractivity (Wildman–Crippen MR) is 66.4 cm³/mol. The molecule has 1 saturated carbocycles. The van der Waals surface area contributed by atoms with Gasteiger partial charge in [0.15, 0.2) is 0 Å². The number of carbonyl (C=O) groups is 1. The number of nitrogens with zero attached hydrogens (tertiary/aromatic N) is 2. The van der Waals surface area contributed by atoms with Crippen LogP contribution in [0.1, 0.15) is 51.4 Å². The minimum absolute atomic E-state index is 0.155. The second-order valence-corrected chi connectivity index (χ2v) is 6.01. The quantitative estimate of drug-likeness (QED) is 0.778. The van der Waals surface area contributed by atoms with Crippen LogP contribution in [0.15, 0.2) is 4.52 Å². The summed E-state index contributed by atoms with van der Waals surface area (Å²) >= 11 is 0. The van der Waals surface area contributed by atoms with Crippen LogP contribution in [0.5, 0.6) is 0 Å². The third-order valence-corrected chi connectivity index (χ3v) is 3.43. The summed E-state index contributed by atoms with van der Waals surface area (Å²) in [5.74, 6) is 0.494. The van der Waals surface area contributed by atoms with Crippen molar-refractivity contribution in [1.82, 2.24) is 10.1 Å². The van der Waals surface area contributed by atoms with Gasteiger partial charge in [-0.15, -0.1) is 0 Å². The minimum atomic E-state index is -0.726. The molecule has 0 spiro atoms. The van der Waals surface area contributed by atoms with Crippen LogP contribution >= 0.6 is 0 Å². The highest BCUT2D eigenvalue weighted by atomic mass is 16.5. The second-order valence-electron chi connectivity index (χ2n) is 6.01. The van der Waals surface area contributed by atoms with Gasteiger partial charge in [-0.1, -0.05) is 25.9 Å². The Bertz CT molecular complexity index is 471. The molecule has 106 valence electrons. The summed E-state index contributed by atoms with van der Waals surface area (Å²) in [5, 5.41) is 3.96. The molecule has 1 aromatic heterocycles. The smallest absolute Gasteiger partial charge is 0.321 e. The van der Waals surface area contributed by atoms with Crippen molar-refractivity contribution in [2.24, 2.45) is 5.41 Å². The summed E-state index contributed by atoms with van der Waals surface area (Å²) in [7, 11) is 2.98. The third-order valence-electron chi connectivity index (χ3n) is 3.43. The summed E-state index contributed by atoms with van der Waals surface area (Å²) in [4.78, 5) is 16.1. The lowest BCUT2D eigenvalue weighted by atomic mass is 9.88. The van der Waals surface area contributed by atoms with Gasteiger partial charge in [-0.2, -0.15) is 4.98 Å². The maximum absolute atomic E-state index is 11.8. The fourth-order valence-corrected chi connectivity index (χ4v) is 2.21. The number of hydrogen-bond acceptors (Lipinski definition) is 6. The van der Waals surface area contributed by atoms with Crippen molar-refractivity contribution < 1.29 is 18.8 Å². The number of esters is 1. The average molecular weight is 268 g/mol. The highest BCUT2D eigenvalue weighted by molar-refractivity contribution is 5.85. The van der Waals surface area contributed by atoms with E-state index in [1.54, 1.807) is 7.11 Å². The molecule has 0 aliphatic heterocycles. The summed E-state index contributed by atoms with van der Waals surface area (Å²) in [6, 6.07) is 0. The van der Waals surface area contributed by atoms with Crippen molar-refractivity contribution in [2.75, 3.05) is 14.2 Å². The van der Waals surface area contributed by atoms with Crippen LogP contribution in [0.3, 0.4) is 0 Å². The number of aromatic nitrogens is 2. The van der Waals surface area contributed by atoms with Crippen LogP contribution in [0, 0.1) is 5.41 Å². The summed E-state index contributed by atoms with van der Waals surface area (Å²) < 4.78 is 15.5. The van der Waals surface area contributed by atoms with Crippen molar-refractivity contribution >= 4 is 5.97 Å². The van der Waals surface area contributed by atoms with E-state index in [2.05, 4.69) is 10.1 Å². The fraction of sp³-hybridized carbons (Fsp3) is 0.769. The molecule has 1 fully saturated rings. The zero-order valence-electron chi connectivity index (χ0n) is 12.0. The van der Waals surface area contributed by atoms with Crippen LogP contribution < -0.4 is 0 Å². The minimum Gasteiger partial charge on any atom is -0.468 e. The third kappa shape index (κ3) is 2.36. The van der Waals surface area contributed by atoms with Crippen LogP contribution in [-0.2, 0) is 19.7 Å². The number of carbonyl (C=O) groups excluding carboxylic acids is 1. The van der Waals surface area contributed by atoms with E-state index in [-0.39, 0.29) is 17.5 Å². The van der Waals surface area contributed by atoms with Gasteiger partial charge in [0, 0.05) is 7.11 Å². The molecule has 0 radical (unpaired) electrons. The Kier molecular flexibility index (Phi) is 3.38. The van der Waals surface area contributed by atoms with E-state index in [1.807, 2.05) is 20.8 Å². The normalized spacial score (nSPS) is 19.0. The zero-order valence-corrected chi connectivity index (χ0v) is 12.0. The Balaban J connectivity index is 2.27.